The minimum Gasteiger partial charge on any atom is -0.436 e. The molecule has 0 aliphatic carbocycles. The van der Waals surface area contributed by atoms with E-state index in [4.69, 9.17) is 13.8 Å². The summed E-state index contributed by atoms with van der Waals surface area (Å²) in [6.45, 7) is 0. The molecule has 0 fully saturated rings. The minimum atomic E-state index is 0.636. The quantitative estimate of drug-likeness (QED) is 0.160. The maximum Gasteiger partial charge on any atom is 0.227 e. The smallest absolute Gasteiger partial charge is 0.227 e. The van der Waals surface area contributed by atoms with Gasteiger partial charge in [-0.3, -0.25) is 9.97 Å². The first-order valence-corrected chi connectivity index (χ1v) is 27.9. The van der Waals surface area contributed by atoms with Gasteiger partial charge in [0.15, 0.2) is 11.2 Å². The molecule has 0 saturated carbocycles. The third kappa shape index (κ3) is 9.14. The Kier molecular flexibility index (Phi) is 12.8. The molecule has 0 radical (unpaired) electrons. The molecule has 8 heteroatoms. The number of rotatable bonds is 5. The fourth-order valence-corrected chi connectivity index (χ4v) is 12.0. The number of para-hydroxylation sites is 6. The van der Waals surface area contributed by atoms with Crippen molar-refractivity contribution in [1.82, 2.24) is 19.9 Å². The van der Waals surface area contributed by atoms with Gasteiger partial charge < -0.3 is 8.83 Å². The average molecular weight is 1160 g/mol. The van der Waals surface area contributed by atoms with Gasteiger partial charge in [0.2, 0.25) is 11.8 Å². The first kappa shape index (κ1) is 48.7. The summed E-state index contributed by atoms with van der Waals surface area (Å²) in [4.78, 5) is 18.3. The zero-order valence-electron chi connectivity index (χ0n) is 42.8. The lowest BCUT2D eigenvalue weighted by atomic mass is 9.86. The van der Waals surface area contributed by atoms with Gasteiger partial charge in [0.1, 0.15) is 11.0 Å². The van der Waals surface area contributed by atoms with Crippen molar-refractivity contribution in [2.75, 3.05) is 0 Å². The van der Waals surface area contributed by atoms with Crippen molar-refractivity contribution in [1.29, 1.82) is 0 Å². The van der Waals surface area contributed by atoms with Crippen LogP contribution < -0.4 is 0 Å². The van der Waals surface area contributed by atoms with Gasteiger partial charge in [-0.1, -0.05) is 182 Å². The summed E-state index contributed by atoms with van der Waals surface area (Å²) in [6, 6.07) is 87.9. The Morgan fingerprint density at radius 1 is 0.275 bits per heavy atom. The molecule has 0 atom stereocenters. The van der Waals surface area contributed by atoms with E-state index in [1.54, 1.807) is 0 Å². The molecule has 0 spiro atoms. The van der Waals surface area contributed by atoms with Gasteiger partial charge in [0.05, 0.1) is 11.0 Å². The Hall–Kier alpha value is -9.60. The lowest BCUT2D eigenvalue weighted by Crippen LogP contribution is -1.91. The maximum absolute atomic E-state index is 6.02. The van der Waals surface area contributed by atoms with Crippen LogP contribution in [0.5, 0.6) is 0 Å². The molecule has 378 valence electrons. The van der Waals surface area contributed by atoms with Crippen molar-refractivity contribution < 1.29 is 8.83 Å². The van der Waals surface area contributed by atoms with Crippen molar-refractivity contribution in [3.63, 3.8) is 0 Å². The molecule has 12 aromatic carbocycles. The van der Waals surface area contributed by atoms with Crippen LogP contribution in [0.3, 0.4) is 0 Å². The second-order valence-corrected chi connectivity index (χ2v) is 21.2. The normalized spacial score (nSPS) is 11.4. The van der Waals surface area contributed by atoms with Crippen LogP contribution in [0.25, 0.3) is 143 Å². The van der Waals surface area contributed by atoms with Crippen LogP contribution >= 0.6 is 31.9 Å². The van der Waals surface area contributed by atoms with Crippen LogP contribution in [-0.4, -0.2) is 19.9 Å². The van der Waals surface area contributed by atoms with E-state index >= 15 is 0 Å². The van der Waals surface area contributed by atoms with Crippen molar-refractivity contribution in [3.05, 3.63) is 276 Å². The van der Waals surface area contributed by atoms with Crippen LogP contribution in [0.2, 0.25) is 0 Å². The summed E-state index contributed by atoms with van der Waals surface area (Å²) in [6.07, 6.45) is 3.81. The number of halogens is 2. The highest BCUT2D eigenvalue weighted by molar-refractivity contribution is 9.11. The molecule has 0 aliphatic heterocycles. The predicted octanol–water partition coefficient (Wildman–Crippen LogP) is 20.9. The molecule has 0 aliphatic rings. The highest BCUT2D eigenvalue weighted by Crippen LogP contribution is 2.45. The summed E-state index contributed by atoms with van der Waals surface area (Å²) >= 11 is 7.20. The predicted molar refractivity (Wildman–Crippen MR) is 338 cm³/mol. The van der Waals surface area contributed by atoms with Crippen molar-refractivity contribution in [3.8, 4) is 56.3 Å². The van der Waals surface area contributed by atoms with Crippen LogP contribution in [0.1, 0.15) is 0 Å². The van der Waals surface area contributed by atoms with Gasteiger partial charge in [-0.25, -0.2) is 9.97 Å². The van der Waals surface area contributed by atoms with Gasteiger partial charge in [0.25, 0.3) is 0 Å². The topological polar surface area (TPSA) is 77.8 Å². The number of benzene rings is 12. The Balaban J connectivity index is 0.000000124. The second-order valence-electron chi connectivity index (χ2n) is 19.5. The third-order valence-corrected chi connectivity index (χ3v) is 16.0. The molecule has 6 nitrogen and oxygen atoms in total. The van der Waals surface area contributed by atoms with E-state index in [0.717, 1.165) is 69.8 Å². The summed E-state index contributed by atoms with van der Waals surface area (Å²) < 4.78 is 14.1. The van der Waals surface area contributed by atoms with E-state index in [1.165, 1.54) is 70.7 Å². The summed E-state index contributed by atoms with van der Waals surface area (Å²) in [5, 5.41) is 12.1. The summed E-state index contributed by atoms with van der Waals surface area (Å²) in [5.74, 6) is 1.28. The molecule has 4 heterocycles. The first-order valence-electron chi connectivity index (χ1n) is 26.3. The van der Waals surface area contributed by atoms with Gasteiger partial charge >= 0.3 is 0 Å². The average Bonchev–Trinajstić information content (AvgIpc) is 4.27. The lowest BCUT2D eigenvalue weighted by molar-refractivity contribution is 0.619. The van der Waals surface area contributed by atoms with Gasteiger partial charge in [-0.2, -0.15) is 0 Å². The van der Waals surface area contributed by atoms with Crippen molar-refractivity contribution in [2.45, 2.75) is 0 Å². The highest BCUT2D eigenvalue weighted by atomic mass is 79.9. The summed E-state index contributed by atoms with van der Waals surface area (Å²) in [7, 11) is 0. The standard InChI is InChI=1S/C36H22N2O.C27H16BrNO.C9H6BrN/c1-6-14-31-25(9-1)21-26(22-37-31)35-29-12-4-2-10-27(29)34(28-11-3-5-13-30(28)35)23-17-19-24(20-18-23)36-38-32-15-7-8-16-33(32)39-36;28-26-21-9-3-1-7-19(21)25(20-8-2-4-10-22(20)26)17-13-15-18(16-14-17)27-29-23-11-5-6-12-24(23)30-27;10-8-5-7-3-1-2-4-9(7)11-6-8/h1-22H;1-16H;1-6H. The first-order chi connectivity index (χ1) is 39.5. The van der Waals surface area contributed by atoms with Gasteiger partial charge in [-0.05, 0) is 176 Å². The minimum absolute atomic E-state index is 0.636. The number of nitrogens with zero attached hydrogens (tertiary/aromatic N) is 4. The zero-order chi connectivity index (χ0) is 53.5. The number of hydrogen-bond donors (Lipinski definition) is 0. The lowest BCUT2D eigenvalue weighted by Gasteiger charge is -2.18. The monoisotopic (exact) mass is 1150 g/mol. The van der Waals surface area contributed by atoms with E-state index in [0.29, 0.717) is 11.8 Å². The zero-order valence-corrected chi connectivity index (χ0v) is 45.9. The van der Waals surface area contributed by atoms with Gasteiger partial charge in [-0.15, -0.1) is 0 Å². The molecule has 16 rings (SSSR count). The summed E-state index contributed by atoms with van der Waals surface area (Å²) in [5.41, 5.74) is 14.5. The van der Waals surface area contributed by atoms with Crippen LogP contribution in [0, 0.1) is 0 Å². The Labute approximate surface area is 476 Å². The Bertz CT molecular complexity index is 4810. The highest BCUT2D eigenvalue weighted by Gasteiger charge is 2.19. The molecule has 4 aromatic heterocycles. The Morgan fingerprint density at radius 3 is 1.04 bits per heavy atom. The van der Waals surface area contributed by atoms with Crippen LogP contribution in [0.4, 0.5) is 0 Å². The molecule has 80 heavy (non-hydrogen) atoms. The van der Waals surface area contributed by atoms with Crippen LogP contribution in [0.15, 0.2) is 285 Å². The van der Waals surface area contributed by atoms with E-state index < -0.39 is 0 Å². The fraction of sp³-hybridized carbons (Fsp3) is 0. The molecule has 0 saturated heterocycles. The van der Waals surface area contributed by atoms with E-state index in [2.05, 4.69) is 223 Å². The maximum atomic E-state index is 6.02. The SMILES string of the molecule is Brc1c2ccccc2c(-c2ccc(-c3nc4ccccc4o3)cc2)c2ccccc12.Brc1cnc2ccccc2c1.c1ccc2ncc(-c3c4ccccc4c(-c4ccc(-c5nc6ccccc6o5)cc4)c4ccccc34)cc2c1. The molecule has 0 amide bonds. The number of fused-ring (bicyclic) bond motifs is 8. The molecular weight excluding hydrogens is 1110 g/mol. The fourth-order valence-electron chi connectivity index (χ4n) is 10.9. The van der Waals surface area contributed by atoms with Gasteiger partial charge in [0, 0.05) is 48.8 Å². The molecule has 0 N–H and O–H groups in total. The number of hydrogen-bond acceptors (Lipinski definition) is 6. The third-order valence-electron chi connectivity index (χ3n) is 14.7. The number of oxazole rings is 2. The Morgan fingerprint density at radius 2 is 0.600 bits per heavy atom. The van der Waals surface area contributed by atoms with E-state index in [1.807, 2.05) is 91.3 Å². The molecule has 0 unspecified atom stereocenters. The largest absolute Gasteiger partial charge is 0.436 e. The van der Waals surface area contributed by atoms with Crippen molar-refractivity contribution in [2.24, 2.45) is 0 Å². The second kappa shape index (κ2) is 21.0. The van der Waals surface area contributed by atoms with E-state index in [9.17, 15) is 0 Å². The number of aromatic nitrogens is 4. The van der Waals surface area contributed by atoms with Crippen LogP contribution in [-0.2, 0) is 0 Å². The van der Waals surface area contributed by atoms with Crippen molar-refractivity contribution >= 4 is 119 Å². The molecule has 16 aromatic rings. The number of pyridine rings is 2. The molecular formula is C72H44Br2N4O2. The van der Waals surface area contributed by atoms with E-state index in [-0.39, 0.29) is 0 Å². The molecule has 0 bridgehead atoms.